The summed E-state index contributed by atoms with van der Waals surface area (Å²) in [5.41, 5.74) is 1.03. The number of carboxylic acids is 1. The number of nitrogens with one attached hydrogen (secondary N) is 2. The van der Waals surface area contributed by atoms with Crippen molar-refractivity contribution in [3.05, 3.63) is 35.9 Å². The van der Waals surface area contributed by atoms with E-state index >= 15 is 0 Å². The van der Waals surface area contributed by atoms with E-state index in [4.69, 9.17) is 9.63 Å². The molecule has 2 atom stereocenters. The predicted molar refractivity (Wildman–Crippen MR) is 87.5 cm³/mol. The summed E-state index contributed by atoms with van der Waals surface area (Å²) in [5.74, 6) is -1.40. The van der Waals surface area contributed by atoms with Crippen LogP contribution in [0.3, 0.4) is 0 Å². The Morgan fingerprint density at radius 1 is 1.30 bits per heavy atom. The van der Waals surface area contributed by atoms with Crippen LogP contribution in [0.25, 0.3) is 0 Å². The average Bonchev–Trinajstić information content (AvgIpc) is 2.53. The lowest BCUT2D eigenvalue weighted by molar-refractivity contribution is -0.136. The molecule has 0 heterocycles. The molecule has 1 rings (SSSR count). The van der Waals surface area contributed by atoms with Gasteiger partial charge in [0.05, 0.1) is 12.5 Å². The van der Waals surface area contributed by atoms with Gasteiger partial charge in [-0.05, 0) is 18.9 Å². The summed E-state index contributed by atoms with van der Waals surface area (Å²) >= 11 is 0. The number of benzene rings is 1. The van der Waals surface area contributed by atoms with Crippen LogP contribution in [-0.2, 0) is 25.1 Å². The zero-order valence-corrected chi connectivity index (χ0v) is 14.2. The molecule has 0 bridgehead atoms. The van der Waals surface area contributed by atoms with Crippen LogP contribution in [0.5, 0.6) is 0 Å². The second-order valence-electron chi connectivity index (χ2n) is 5.10. The lowest BCUT2D eigenvalue weighted by Gasteiger charge is -2.21. The number of amides is 1. The maximum Gasteiger partial charge on any atom is 0.305 e. The van der Waals surface area contributed by atoms with Gasteiger partial charge in [0.2, 0.25) is 5.91 Å². The fraction of sp³-hybridized carbons (Fsp3) is 0.467. The minimum Gasteiger partial charge on any atom is -0.481 e. The van der Waals surface area contributed by atoms with Crippen molar-refractivity contribution in [3.63, 3.8) is 0 Å². The van der Waals surface area contributed by atoms with Crippen molar-refractivity contribution >= 4 is 19.4 Å². The first-order chi connectivity index (χ1) is 10.9. The third-order valence-corrected chi connectivity index (χ3v) is 5.44. The zero-order chi connectivity index (χ0) is 17.3. The van der Waals surface area contributed by atoms with Crippen LogP contribution in [0.2, 0.25) is 0 Å². The van der Waals surface area contributed by atoms with Gasteiger partial charge in [-0.15, -0.1) is 0 Å². The molecule has 1 aromatic rings. The van der Waals surface area contributed by atoms with Gasteiger partial charge in [0.15, 0.2) is 0 Å². The highest BCUT2D eigenvalue weighted by molar-refractivity contribution is 7.56. The summed E-state index contributed by atoms with van der Waals surface area (Å²) in [6.45, 7) is 1.59. The summed E-state index contributed by atoms with van der Waals surface area (Å²) in [6, 6.07) is 8.83. The molecule has 0 radical (unpaired) electrons. The first-order valence-corrected chi connectivity index (χ1v) is 9.13. The first-order valence-electron chi connectivity index (χ1n) is 7.32. The van der Waals surface area contributed by atoms with Gasteiger partial charge in [0.1, 0.15) is 0 Å². The molecule has 0 saturated carbocycles. The van der Waals surface area contributed by atoms with Crippen LogP contribution in [0.15, 0.2) is 30.3 Å². The van der Waals surface area contributed by atoms with Gasteiger partial charge in [0.25, 0.3) is 7.52 Å². The molecular weight excluding hydrogens is 319 g/mol. The van der Waals surface area contributed by atoms with Crippen LogP contribution in [-0.4, -0.2) is 42.8 Å². The molecule has 2 unspecified atom stereocenters. The molecule has 0 saturated heterocycles. The van der Waals surface area contributed by atoms with E-state index in [1.165, 1.54) is 7.11 Å². The number of aryl methyl sites for hydroxylation is 1. The summed E-state index contributed by atoms with van der Waals surface area (Å²) in [6.07, 6.45) is 0.668. The Balaban J connectivity index is 2.50. The van der Waals surface area contributed by atoms with Crippen LogP contribution < -0.4 is 10.4 Å². The summed E-state index contributed by atoms with van der Waals surface area (Å²) in [7, 11) is -1.81. The summed E-state index contributed by atoms with van der Waals surface area (Å²) < 4.78 is 17.7. The van der Waals surface area contributed by atoms with Gasteiger partial charge in [-0.2, -0.15) is 0 Å². The molecule has 1 aromatic carbocycles. The van der Waals surface area contributed by atoms with Crippen molar-refractivity contribution in [3.8, 4) is 0 Å². The van der Waals surface area contributed by atoms with Crippen molar-refractivity contribution in [2.45, 2.75) is 25.8 Å². The Morgan fingerprint density at radius 2 is 1.96 bits per heavy atom. The summed E-state index contributed by atoms with van der Waals surface area (Å²) in [4.78, 5) is 22.3. The fourth-order valence-corrected chi connectivity index (χ4v) is 3.61. The molecule has 0 aliphatic rings. The van der Waals surface area contributed by atoms with Gasteiger partial charge >= 0.3 is 5.97 Å². The number of aliphatic carboxylic acids is 1. The van der Waals surface area contributed by atoms with Gasteiger partial charge in [-0.3, -0.25) is 14.2 Å². The Hall–Kier alpha value is -1.69. The minimum absolute atomic E-state index is 0.0293. The van der Waals surface area contributed by atoms with Crippen molar-refractivity contribution < 1.29 is 23.8 Å². The van der Waals surface area contributed by atoms with Crippen LogP contribution in [0.1, 0.15) is 18.9 Å². The Morgan fingerprint density at radius 3 is 2.52 bits per heavy atom. The number of hydrogen-bond donors (Lipinski definition) is 3. The maximum atomic E-state index is 12.6. The van der Waals surface area contributed by atoms with E-state index in [1.807, 2.05) is 30.3 Å². The Labute approximate surface area is 135 Å². The third-order valence-electron chi connectivity index (χ3n) is 3.25. The van der Waals surface area contributed by atoms with E-state index in [0.717, 1.165) is 5.56 Å². The first kappa shape index (κ1) is 19.4. The normalized spacial score (nSPS) is 14.7. The van der Waals surface area contributed by atoms with E-state index in [2.05, 4.69) is 10.4 Å². The van der Waals surface area contributed by atoms with Gasteiger partial charge < -0.3 is 14.9 Å². The van der Waals surface area contributed by atoms with E-state index < -0.39 is 25.4 Å². The van der Waals surface area contributed by atoms with E-state index in [9.17, 15) is 14.2 Å². The van der Waals surface area contributed by atoms with Crippen molar-refractivity contribution in [1.29, 1.82) is 0 Å². The number of carbonyl (C=O) groups is 2. The lowest BCUT2D eigenvalue weighted by Crippen LogP contribution is -2.42. The topological polar surface area (TPSA) is 105 Å². The SMILES string of the molecule is COP(=O)(CCc1ccccc1)NC(C)C(=O)NCCC(=O)O. The third kappa shape index (κ3) is 7.41. The molecule has 23 heavy (non-hydrogen) atoms. The molecule has 0 aliphatic carbocycles. The number of carbonyl (C=O) groups excluding carboxylic acids is 1. The monoisotopic (exact) mass is 342 g/mol. The molecule has 7 nitrogen and oxygen atoms in total. The molecule has 128 valence electrons. The van der Waals surface area contributed by atoms with Crippen molar-refractivity contribution in [1.82, 2.24) is 10.4 Å². The van der Waals surface area contributed by atoms with Crippen LogP contribution in [0, 0.1) is 0 Å². The number of rotatable bonds is 10. The molecule has 0 aliphatic heterocycles. The summed E-state index contributed by atoms with van der Waals surface area (Å²) in [5, 5.41) is 13.7. The molecular formula is C15H23N2O5P. The zero-order valence-electron chi connectivity index (χ0n) is 13.3. The lowest BCUT2D eigenvalue weighted by atomic mass is 10.2. The number of carboxylic acid groups (broad SMARTS) is 1. The molecule has 0 aromatic heterocycles. The molecule has 1 amide bonds. The van der Waals surface area contributed by atoms with Crippen LogP contribution in [0.4, 0.5) is 0 Å². The second kappa shape index (κ2) is 9.45. The number of hydrogen-bond acceptors (Lipinski definition) is 4. The molecule has 8 heteroatoms. The van der Waals surface area contributed by atoms with Gasteiger partial charge in [0, 0.05) is 19.8 Å². The molecule has 0 fully saturated rings. The Kier molecular flexibility index (Phi) is 7.95. The van der Waals surface area contributed by atoms with Crippen LogP contribution >= 0.6 is 7.52 Å². The Bertz CT molecular complexity index is 564. The highest BCUT2D eigenvalue weighted by Gasteiger charge is 2.26. The standard InChI is InChI=1S/C15H23N2O5P/c1-12(15(20)16-10-8-14(18)19)17-23(21,22-2)11-9-13-6-4-3-5-7-13/h3-7,12H,8-11H2,1-2H3,(H,16,20)(H,17,21)(H,18,19). The predicted octanol–water partition coefficient (Wildman–Crippen LogP) is 1.64. The van der Waals surface area contributed by atoms with Gasteiger partial charge in [-0.1, -0.05) is 30.3 Å². The quantitative estimate of drug-likeness (QED) is 0.558. The smallest absolute Gasteiger partial charge is 0.305 e. The second-order valence-corrected chi connectivity index (χ2v) is 7.52. The van der Waals surface area contributed by atoms with Gasteiger partial charge in [-0.25, -0.2) is 5.09 Å². The molecule has 0 spiro atoms. The highest BCUT2D eigenvalue weighted by Crippen LogP contribution is 2.42. The fourth-order valence-electron chi connectivity index (χ4n) is 1.93. The molecule has 3 N–H and O–H groups in total. The average molecular weight is 342 g/mol. The highest BCUT2D eigenvalue weighted by atomic mass is 31.2. The van der Waals surface area contributed by atoms with Crippen molar-refractivity contribution in [2.75, 3.05) is 19.8 Å². The largest absolute Gasteiger partial charge is 0.481 e. The van der Waals surface area contributed by atoms with E-state index in [1.54, 1.807) is 6.92 Å². The van der Waals surface area contributed by atoms with Crippen molar-refractivity contribution in [2.24, 2.45) is 0 Å². The van der Waals surface area contributed by atoms with E-state index in [-0.39, 0.29) is 19.1 Å². The minimum atomic E-state index is -3.15. The van der Waals surface area contributed by atoms with E-state index in [0.29, 0.717) is 6.42 Å². The maximum absolute atomic E-state index is 12.6.